The maximum Gasteiger partial charge on any atom is 0.264 e. The molecule has 0 saturated carbocycles. The molecule has 2 aromatic carbocycles. The molecule has 0 saturated heterocycles. The Morgan fingerprint density at radius 3 is 2.59 bits per heavy atom. The van der Waals surface area contributed by atoms with Crippen molar-refractivity contribution < 1.29 is 9.21 Å². The van der Waals surface area contributed by atoms with E-state index in [2.05, 4.69) is 15.5 Å². The lowest BCUT2D eigenvalue weighted by molar-refractivity contribution is -0.121. The summed E-state index contributed by atoms with van der Waals surface area (Å²) in [6.45, 7) is 6.72. The Morgan fingerprint density at radius 2 is 1.86 bits per heavy atom. The van der Waals surface area contributed by atoms with Crippen LogP contribution in [-0.4, -0.2) is 20.7 Å². The van der Waals surface area contributed by atoms with E-state index in [9.17, 15) is 4.79 Å². The molecule has 4 aromatic rings. The van der Waals surface area contributed by atoms with E-state index >= 15 is 0 Å². The van der Waals surface area contributed by atoms with Crippen LogP contribution in [0.15, 0.2) is 59.0 Å². The van der Waals surface area contributed by atoms with E-state index in [0.717, 1.165) is 22.2 Å². The Labute approximate surface area is 169 Å². The van der Waals surface area contributed by atoms with Crippen LogP contribution in [0.4, 0.5) is 0 Å². The second-order valence-corrected chi connectivity index (χ2v) is 7.54. The predicted molar refractivity (Wildman–Crippen MR) is 112 cm³/mol. The molecule has 0 bridgehead atoms. The minimum Gasteiger partial charge on any atom is -0.419 e. The number of rotatable bonds is 6. The molecule has 2 aromatic heterocycles. The van der Waals surface area contributed by atoms with Crippen molar-refractivity contribution in [1.29, 1.82) is 0 Å². The highest BCUT2D eigenvalue weighted by Crippen LogP contribution is 2.28. The van der Waals surface area contributed by atoms with Crippen LogP contribution >= 0.6 is 0 Å². The van der Waals surface area contributed by atoms with Gasteiger partial charge in [-0.15, -0.1) is 10.2 Å². The fourth-order valence-corrected chi connectivity index (χ4v) is 3.24. The van der Waals surface area contributed by atoms with E-state index in [1.54, 1.807) is 0 Å². The summed E-state index contributed by atoms with van der Waals surface area (Å²) in [6.07, 6.45) is 0. The number of fused-ring (bicyclic) bond motifs is 1. The number of para-hydroxylation sites is 1. The highest BCUT2D eigenvalue weighted by Gasteiger charge is 2.19. The van der Waals surface area contributed by atoms with Gasteiger partial charge in [-0.1, -0.05) is 61.9 Å². The van der Waals surface area contributed by atoms with Crippen LogP contribution < -0.4 is 5.32 Å². The Morgan fingerprint density at radius 1 is 1.10 bits per heavy atom. The first-order valence-corrected chi connectivity index (χ1v) is 9.75. The Kier molecular flexibility index (Phi) is 5.16. The van der Waals surface area contributed by atoms with Gasteiger partial charge in [-0.2, -0.15) is 0 Å². The SMILES string of the molecule is Cc1ccc(CNC(=O)Cn2c(-c3nnc(C(C)C)o3)cc3ccccc32)cc1. The van der Waals surface area contributed by atoms with Crippen molar-refractivity contribution >= 4 is 16.8 Å². The maximum absolute atomic E-state index is 12.7. The molecule has 0 atom stereocenters. The zero-order valence-corrected chi connectivity index (χ0v) is 16.8. The van der Waals surface area contributed by atoms with Crippen LogP contribution in [0.25, 0.3) is 22.5 Å². The largest absolute Gasteiger partial charge is 0.419 e. The van der Waals surface area contributed by atoms with Crippen molar-refractivity contribution in [3.8, 4) is 11.6 Å². The van der Waals surface area contributed by atoms with E-state index in [1.165, 1.54) is 5.56 Å². The van der Waals surface area contributed by atoms with Crippen LogP contribution in [0.5, 0.6) is 0 Å². The molecule has 1 amide bonds. The second kappa shape index (κ2) is 7.91. The van der Waals surface area contributed by atoms with Gasteiger partial charge >= 0.3 is 0 Å². The van der Waals surface area contributed by atoms with Crippen LogP contribution in [0.1, 0.15) is 36.8 Å². The van der Waals surface area contributed by atoms with Crippen LogP contribution in [-0.2, 0) is 17.9 Å². The molecule has 1 N–H and O–H groups in total. The average Bonchev–Trinajstić information content (AvgIpc) is 3.33. The highest BCUT2D eigenvalue weighted by atomic mass is 16.4. The minimum absolute atomic E-state index is 0.0724. The van der Waals surface area contributed by atoms with Crippen molar-refractivity contribution in [2.75, 3.05) is 0 Å². The van der Waals surface area contributed by atoms with E-state index in [4.69, 9.17) is 4.42 Å². The zero-order valence-electron chi connectivity index (χ0n) is 16.8. The summed E-state index contributed by atoms with van der Waals surface area (Å²) in [5.41, 5.74) is 3.97. The first-order chi connectivity index (χ1) is 14.0. The quantitative estimate of drug-likeness (QED) is 0.530. The molecule has 0 radical (unpaired) electrons. The van der Waals surface area contributed by atoms with E-state index in [-0.39, 0.29) is 18.4 Å². The number of aromatic nitrogens is 3. The number of carbonyl (C=O) groups is 1. The Bertz CT molecular complexity index is 1140. The molecule has 6 heteroatoms. The summed E-state index contributed by atoms with van der Waals surface area (Å²) in [6, 6.07) is 18.1. The second-order valence-electron chi connectivity index (χ2n) is 7.54. The fourth-order valence-electron chi connectivity index (χ4n) is 3.24. The van der Waals surface area contributed by atoms with Gasteiger partial charge in [0.15, 0.2) is 0 Å². The Balaban J connectivity index is 1.59. The molecule has 0 aliphatic heterocycles. The van der Waals surface area contributed by atoms with Gasteiger partial charge in [0.2, 0.25) is 11.8 Å². The van der Waals surface area contributed by atoms with Gasteiger partial charge in [-0.3, -0.25) is 4.79 Å². The number of hydrogen-bond acceptors (Lipinski definition) is 4. The van der Waals surface area contributed by atoms with Crippen molar-refractivity contribution in [3.05, 3.63) is 71.6 Å². The molecule has 0 spiro atoms. The number of nitrogens with zero attached hydrogens (tertiary/aromatic N) is 3. The lowest BCUT2D eigenvalue weighted by atomic mass is 10.1. The third-order valence-corrected chi connectivity index (χ3v) is 4.88. The van der Waals surface area contributed by atoms with Crippen LogP contribution in [0.3, 0.4) is 0 Å². The van der Waals surface area contributed by atoms with E-state index in [1.807, 2.05) is 79.9 Å². The highest BCUT2D eigenvalue weighted by molar-refractivity contribution is 5.88. The molecule has 148 valence electrons. The normalized spacial score (nSPS) is 11.3. The molecular weight excluding hydrogens is 364 g/mol. The smallest absolute Gasteiger partial charge is 0.264 e. The minimum atomic E-state index is -0.0724. The molecule has 0 fully saturated rings. The average molecular weight is 388 g/mol. The van der Waals surface area contributed by atoms with Gasteiger partial charge in [0.1, 0.15) is 12.2 Å². The zero-order chi connectivity index (χ0) is 20.4. The topological polar surface area (TPSA) is 73.0 Å². The maximum atomic E-state index is 12.7. The lowest BCUT2D eigenvalue weighted by Gasteiger charge is -2.10. The van der Waals surface area contributed by atoms with Gasteiger partial charge in [-0.25, -0.2) is 0 Å². The standard InChI is InChI=1S/C23H24N4O2/c1-15(2)22-25-26-23(29-22)20-12-18-6-4-5-7-19(18)27(20)14-21(28)24-13-17-10-8-16(3)9-11-17/h4-12,15H,13-14H2,1-3H3,(H,24,28). The summed E-state index contributed by atoms with van der Waals surface area (Å²) in [7, 11) is 0. The first kappa shape index (κ1) is 18.9. The monoisotopic (exact) mass is 388 g/mol. The van der Waals surface area contributed by atoms with Gasteiger partial charge in [0.05, 0.1) is 0 Å². The van der Waals surface area contributed by atoms with E-state index in [0.29, 0.717) is 18.3 Å². The summed E-state index contributed by atoms with van der Waals surface area (Å²) >= 11 is 0. The predicted octanol–water partition coefficient (Wildman–Crippen LogP) is 4.44. The third kappa shape index (κ3) is 4.06. The molecule has 6 nitrogen and oxygen atoms in total. The molecule has 0 aliphatic carbocycles. The number of aryl methyl sites for hydroxylation is 1. The number of nitrogens with one attached hydrogen (secondary N) is 1. The molecule has 0 aliphatic rings. The third-order valence-electron chi connectivity index (χ3n) is 4.88. The van der Waals surface area contributed by atoms with Gasteiger partial charge < -0.3 is 14.3 Å². The molecule has 4 rings (SSSR count). The number of benzene rings is 2. The van der Waals surface area contributed by atoms with Crippen molar-refractivity contribution in [3.63, 3.8) is 0 Å². The number of amides is 1. The van der Waals surface area contributed by atoms with Crippen LogP contribution in [0.2, 0.25) is 0 Å². The summed E-state index contributed by atoms with van der Waals surface area (Å²) in [5.74, 6) is 1.08. The molecular formula is C23H24N4O2. The van der Waals surface area contributed by atoms with Gasteiger partial charge in [0.25, 0.3) is 5.89 Å². The molecule has 29 heavy (non-hydrogen) atoms. The summed E-state index contributed by atoms with van der Waals surface area (Å²) < 4.78 is 7.78. The van der Waals surface area contributed by atoms with Crippen molar-refractivity contribution in [2.45, 2.75) is 39.8 Å². The van der Waals surface area contributed by atoms with Crippen molar-refractivity contribution in [1.82, 2.24) is 20.1 Å². The van der Waals surface area contributed by atoms with Gasteiger partial charge in [0, 0.05) is 23.4 Å². The summed E-state index contributed by atoms with van der Waals surface area (Å²) in [5, 5.41) is 12.4. The molecule has 0 unspecified atom stereocenters. The lowest BCUT2D eigenvalue weighted by Crippen LogP contribution is -2.27. The summed E-state index contributed by atoms with van der Waals surface area (Å²) in [4.78, 5) is 12.7. The van der Waals surface area contributed by atoms with E-state index < -0.39 is 0 Å². The Hall–Kier alpha value is -3.41. The van der Waals surface area contributed by atoms with Crippen LogP contribution in [0, 0.1) is 6.92 Å². The number of carbonyl (C=O) groups excluding carboxylic acids is 1. The molecule has 2 heterocycles. The first-order valence-electron chi connectivity index (χ1n) is 9.75. The van der Waals surface area contributed by atoms with Crippen molar-refractivity contribution in [2.24, 2.45) is 0 Å². The number of hydrogen-bond donors (Lipinski definition) is 1. The fraction of sp³-hybridized carbons (Fsp3) is 0.261. The van der Waals surface area contributed by atoms with Gasteiger partial charge in [-0.05, 0) is 24.6 Å².